The number of rotatable bonds is 8. The Kier molecular flexibility index (Phi) is 7.56. The van der Waals surface area contributed by atoms with Crippen molar-refractivity contribution in [2.75, 3.05) is 12.0 Å². The molecule has 1 aliphatic rings. The second kappa shape index (κ2) is 11.6. The molecule has 2 aromatic heterocycles. The molecule has 9 heteroatoms. The smallest absolute Gasteiger partial charge is 0.335 e. The van der Waals surface area contributed by atoms with Crippen molar-refractivity contribution in [1.82, 2.24) is 14.9 Å². The normalized spacial score (nSPS) is 16.2. The lowest BCUT2D eigenvalue weighted by Crippen LogP contribution is -2.29. The van der Waals surface area contributed by atoms with Gasteiger partial charge in [-0.3, -0.25) is 4.98 Å². The molecule has 0 aliphatic carbocycles. The van der Waals surface area contributed by atoms with Crippen molar-refractivity contribution in [2.24, 2.45) is 0 Å². The van der Waals surface area contributed by atoms with Gasteiger partial charge in [-0.1, -0.05) is 6.07 Å². The van der Waals surface area contributed by atoms with E-state index in [1.54, 1.807) is 25.4 Å². The minimum atomic E-state index is -0.951. The number of aryl methyl sites for hydroxylation is 1. The number of hydrogen-bond donors (Lipinski definition) is 2. The highest BCUT2D eigenvalue weighted by atomic mass is 32.1. The molecule has 6 rings (SSSR count). The third-order valence-corrected chi connectivity index (χ3v) is 7.98. The SMILES string of the molecule is COc1ccc(Oc2ccc(N3C(=S)N[C@@H](c4ccccn4)[C@@H]3c3cc(C)n(-c4ccc(C(=O)O)cc4)c3C)cc2)cc1. The lowest BCUT2D eigenvalue weighted by Gasteiger charge is -2.28. The highest BCUT2D eigenvalue weighted by Crippen LogP contribution is 2.44. The Hall–Kier alpha value is -5.15. The first-order chi connectivity index (χ1) is 20.8. The predicted molar refractivity (Wildman–Crippen MR) is 170 cm³/mol. The average molecular weight is 591 g/mol. The second-order valence-electron chi connectivity index (χ2n) is 10.3. The molecule has 0 spiro atoms. The van der Waals surface area contributed by atoms with Gasteiger partial charge in [-0.2, -0.15) is 0 Å². The number of nitrogens with one attached hydrogen (secondary N) is 1. The van der Waals surface area contributed by atoms with Crippen molar-refractivity contribution < 1.29 is 19.4 Å². The van der Waals surface area contributed by atoms with Crippen LogP contribution in [0.1, 0.15) is 45.1 Å². The minimum absolute atomic E-state index is 0.200. The standard InChI is InChI=1S/C34H30N4O4S/c1-21-20-29(22(2)37(21)24-9-7-23(8-10-24)33(39)40)32-31(30-6-4-5-19-35-30)36-34(43)38(32)25-11-13-27(14-12-25)42-28-17-15-26(41-3)16-18-28/h4-20,31-32H,1-3H3,(H,36,43)(H,39,40)/t31-,32-/m0/s1. The van der Waals surface area contributed by atoms with Crippen LogP contribution < -0.4 is 19.7 Å². The van der Waals surface area contributed by atoms with E-state index >= 15 is 0 Å². The van der Waals surface area contributed by atoms with E-state index in [0.29, 0.717) is 16.6 Å². The maximum atomic E-state index is 11.4. The van der Waals surface area contributed by atoms with Crippen molar-refractivity contribution in [3.63, 3.8) is 0 Å². The Balaban J connectivity index is 1.38. The number of pyridine rings is 1. The van der Waals surface area contributed by atoms with Crippen LogP contribution in [0.25, 0.3) is 5.69 Å². The van der Waals surface area contributed by atoms with Crippen molar-refractivity contribution in [3.8, 4) is 22.9 Å². The Morgan fingerprint density at radius 3 is 2.12 bits per heavy atom. The van der Waals surface area contributed by atoms with Gasteiger partial charge in [0.05, 0.1) is 30.5 Å². The van der Waals surface area contributed by atoms with E-state index in [1.807, 2.05) is 85.8 Å². The van der Waals surface area contributed by atoms with Crippen LogP contribution >= 0.6 is 12.2 Å². The number of carboxylic acids is 1. The number of hydrogen-bond acceptors (Lipinski definition) is 5. The fourth-order valence-electron chi connectivity index (χ4n) is 5.64. The molecule has 0 radical (unpaired) electrons. The molecular weight excluding hydrogens is 560 g/mol. The molecule has 0 unspecified atom stereocenters. The van der Waals surface area contributed by atoms with Crippen molar-refractivity contribution in [3.05, 3.63) is 131 Å². The van der Waals surface area contributed by atoms with E-state index < -0.39 is 5.97 Å². The number of anilines is 1. The van der Waals surface area contributed by atoms with Crippen LogP contribution in [0.2, 0.25) is 0 Å². The number of methoxy groups -OCH3 is 1. The number of ether oxygens (including phenoxy) is 2. The Bertz CT molecular complexity index is 1770. The fraction of sp³-hybridized carbons (Fsp3) is 0.147. The van der Waals surface area contributed by atoms with Crippen molar-refractivity contribution in [2.45, 2.75) is 25.9 Å². The van der Waals surface area contributed by atoms with Gasteiger partial charge in [0.25, 0.3) is 0 Å². The molecule has 0 amide bonds. The summed E-state index contributed by atoms with van der Waals surface area (Å²) < 4.78 is 13.4. The molecule has 1 fully saturated rings. The van der Waals surface area contributed by atoms with Gasteiger partial charge in [0, 0.05) is 29.0 Å². The Labute approximate surface area is 255 Å². The Morgan fingerprint density at radius 2 is 1.51 bits per heavy atom. The molecule has 5 aromatic rings. The van der Waals surface area contributed by atoms with Gasteiger partial charge in [-0.15, -0.1) is 0 Å². The summed E-state index contributed by atoms with van der Waals surface area (Å²) in [5.41, 5.74) is 6.07. The van der Waals surface area contributed by atoms with E-state index in [0.717, 1.165) is 39.8 Å². The third-order valence-electron chi connectivity index (χ3n) is 7.67. The lowest BCUT2D eigenvalue weighted by atomic mass is 9.96. The van der Waals surface area contributed by atoms with Crippen molar-refractivity contribution in [1.29, 1.82) is 0 Å². The summed E-state index contributed by atoms with van der Waals surface area (Å²) in [5, 5.41) is 13.5. The number of carboxylic acid groups (broad SMARTS) is 1. The van der Waals surface area contributed by atoms with Crippen LogP contribution in [-0.2, 0) is 0 Å². The Morgan fingerprint density at radius 1 is 0.884 bits per heavy atom. The van der Waals surface area contributed by atoms with E-state index in [9.17, 15) is 9.90 Å². The summed E-state index contributed by atoms with van der Waals surface area (Å²) in [6, 6.07) is 29.9. The van der Waals surface area contributed by atoms with E-state index in [-0.39, 0.29) is 17.6 Å². The maximum absolute atomic E-state index is 11.4. The van der Waals surface area contributed by atoms with Gasteiger partial charge in [0.1, 0.15) is 17.2 Å². The summed E-state index contributed by atoms with van der Waals surface area (Å²) >= 11 is 5.93. The van der Waals surface area contributed by atoms with Crippen LogP contribution in [0.5, 0.6) is 17.2 Å². The van der Waals surface area contributed by atoms with E-state index in [2.05, 4.69) is 32.8 Å². The van der Waals surface area contributed by atoms with Crippen LogP contribution in [0.3, 0.4) is 0 Å². The summed E-state index contributed by atoms with van der Waals surface area (Å²) in [7, 11) is 1.63. The molecule has 3 heterocycles. The highest BCUT2D eigenvalue weighted by Gasteiger charge is 2.42. The predicted octanol–water partition coefficient (Wildman–Crippen LogP) is 7.17. The first-order valence-electron chi connectivity index (χ1n) is 13.8. The van der Waals surface area contributed by atoms with E-state index in [4.69, 9.17) is 21.7 Å². The zero-order valence-electron chi connectivity index (χ0n) is 23.9. The second-order valence-corrected chi connectivity index (χ2v) is 10.7. The monoisotopic (exact) mass is 590 g/mol. The molecular formula is C34H30N4O4S. The average Bonchev–Trinajstić information content (AvgIpc) is 3.52. The maximum Gasteiger partial charge on any atom is 0.335 e. The van der Waals surface area contributed by atoms with Gasteiger partial charge in [0.15, 0.2) is 5.11 Å². The quantitative estimate of drug-likeness (QED) is 0.184. The summed E-state index contributed by atoms with van der Waals surface area (Å²) in [6.45, 7) is 4.13. The number of thiocarbonyl (C=S) groups is 1. The molecule has 216 valence electrons. The molecule has 8 nitrogen and oxygen atoms in total. The van der Waals surface area contributed by atoms with Gasteiger partial charge < -0.3 is 29.4 Å². The summed E-state index contributed by atoms with van der Waals surface area (Å²) in [5.74, 6) is 1.23. The molecule has 2 N–H and O–H groups in total. The van der Waals surface area contributed by atoms with Gasteiger partial charge in [-0.05, 0) is 123 Å². The highest BCUT2D eigenvalue weighted by molar-refractivity contribution is 7.80. The zero-order valence-corrected chi connectivity index (χ0v) is 24.7. The van der Waals surface area contributed by atoms with Gasteiger partial charge >= 0.3 is 5.97 Å². The van der Waals surface area contributed by atoms with Crippen LogP contribution in [0.4, 0.5) is 5.69 Å². The first-order valence-corrected chi connectivity index (χ1v) is 14.2. The number of nitrogens with zero attached hydrogens (tertiary/aromatic N) is 3. The molecule has 0 bridgehead atoms. The summed E-state index contributed by atoms with van der Waals surface area (Å²) in [4.78, 5) is 18.2. The van der Waals surface area contributed by atoms with Crippen LogP contribution in [0, 0.1) is 13.8 Å². The summed E-state index contributed by atoms with van der Waals surface area (Å²) in [6.07, 6.45) is 1.79. The van der Waals surface area contributed by atoms with Gasteiger partial charge in [-0.25, -0.2) is 4.79 Å². The molecule has 3 aromatic carbocycles. The fourth-order valence-corrected chi connectivity index (χ4v) is 5.99. The molecule has 1 saturated heterocycles. The number of aromatic nitrogens is 2. The zero-order chi connectivity index (χ0) is 30.1. The largest absolute Gasteiger partial charge is 0.497 e. The van der Waals surface area contributed by atoms with Crippen molar-refractivity contribution >= 4 is 29.0 Å². The molecule has 2 atom stereocenters. The third kappa shape index (κ3) is 5.42. The number of aromatic carboxylic acids is 1. The number of carbonyl (C=O) groups is 1. The van der Waals surface area contributed by atoms with Crippen LogP contribution in [0.15, 0.2) is 103 Å². The molecule has 0 saturated carbocycles. The van der Waals surface area contributed by atoms with Crippen LogP contribution in [-0.4, -0.2) is 32.8 Å². The van der Waals surface area contributed by atoms with Gasteiger partial charge in [0.2, 0.25) is 0 Å². The lowest BCUT2D eigenvalue weighted by molar-refractivity contribution is 0.0697. The first kappa shape index (κ1) is 28.0. The van der Waals surface area contributed by atoms with E-state index in [1.165, 1.54) is 0 Å². The minimum Gasteiger partial charge on any atom is -0.497 e. The topological polar surface area (TPSA) is 88.9 Å². The number of benzene rings is 3. The molecule has 43 heavy (non-hydrogen) atoms. The molecule has 1 aliphatic heterocycles.